The van der Waals surface area contributed by atoms with Crippen LogP contribution in [-0.2, 0) is 5.41 Å². The Kier molecular flexibility index (Phi) is 7.69. The maximum Gasteiger partial charge on any atom is 0.151 e. The van der Waals surface area contributed by atoms with Gasteiger partial charge in [-0.15, -0.1) is 0 Å². The minimum absolute atomic E-state index is 0.461. The molecule has 0 aliphatic carbocycles. The van der Waals surface area contributed by atoms with E-state index in [2.05, 4.69) is 85.2 Å². The average Bonchev–Trinajstić information content (AvgIpc) is 3.21. The molecule has 7 aromatic carbocycles. The average molecular weight is 699 g/mol. The summed E-state index contributed by atoms with van der Waals surface area (Å²) in [7, 11) is 0. The van der Waals surface area contributed by atoms with Gasteiger partial charge in [0.25, 0.3) is 0 Å². The Morgan fingerprint density at radius 3 is 1.11 bits per heavy atom. The van der Waals surface area contributed by atoms with Crippen molar-refractivity contribution < 1.29 is 9.47 Å². The van der Waals surface area contributed by atoms with Crippen LogP contribution in [0.15, 0.2) is 152 Å². The molecule has 9 rings (SSSR count). The lowest BCUT2D eigenvalue weighted by Crippen LogP contribution is -2.24. The highest BCUT2D eigenvalue weighted by molar-refractivity contribution is 6.04. The molecule has 54 heavy (non-hydrogen) atoms. The first kappa shape index (κ1) is 32.6. The minimum atomic E-state index is -0.461. The van der Waals surface area contributed by atoms with Gasteiger partial charge in [0.2, 0.25) is 0 Å². The van der Waals surface area contributed by atoms with Gasteiger partial charge in [0.15, 0.2) is 23.0 Å². The van der Waals surface area contributed by atoms with Crippen LogP contribution in [0.1, 0.15) is 37.5 Å². The van der Waals surface area contributed by atoms with E-state index in [0.717, 1.165) is 84.9 Å². The Labute approximate surface area is 314 Å². The molecular formula is C48H34N4O2. The second-order valence-corrected chi connectivity index (χ2v) is 14.4. The monoisotopic (exact) mass is 698 g/mol. The molecule has 2 heterocycles. The van der Waals surface area contributed by atoms with E-state index < -0.39 is 5.41 Å². The molecule has 0 saturated heterocycles. The predicted octanol–water partition coefficient (Wildman–Crippen LogP) is 13.2. The highest BCUT2D eigenvalue weighted by Gasteiger charge is 2.37. The molecule has 0 radical (unpaired) electrons. The molecule has 0 saturated carbocycles. The molecule has 7 aromatic rings. The Morgan fingerprint density at radius 2 is 0.778 bits per heavy atom. The number of nitrogens with zero attached hydrogens (tertiary/aromatic N) is 4. The highest BCUT2D eigenvalue weighted by Crippen LogP contribution is 2.60. The summed E-state index contributed by atoms with van der Waals surface area (Å²) in [5, 5.41) is 20.4. The quantitative estimate of drug-likeness (QED) is 0.182. The van der Waals surface area contributed by atoms with Gasteiger partial charge in [-0.3, -0.25) is 0 Å². The number of hydrogen-bond donors (Lipinski definition) is 0. The minimum Gasteiger partial charge on any atom is -0.453 e. The summed E-state index contributed by atoms with van der Waals surface area (Å²) in [5.74, 6) is 2.94. The van der Waals surface area contributed by atoms with Crippen molar-refractivity contribution in [2.75, 3.05) is 9.80 Å². The van der Waals surface area contributed by atoms with Gasteiger partial charge in [-0.2, -0.15) is 10.5 Å². The van der Waals surface area contributed by atoms with Crippen LogP contribution in [0.2, 0.25) is 0 Å². The maximum absolute atomic E-state index is 10.2. The Hall–Kier alpha value is -7.28. The molecule has 2 aliphatic heterocycles. The van der Waals surface area contributed by atoms with Gasteiger partial charge in [0.1, 0.15) is 0 Å². The van der Waals surface area contributed by atoms with Crippen molar-refractivity contribution in [1.29, 1.82) is 10.5 Å². The Bertz CT molecular complexity index is 2450. The van der Waals surface area contributed by atoms with Crippen LogP contribution in [0.3, 0.4) is 0 Å². The van der Waals surface area contributed by atoms with Gasteiger partial charge in [-0.25, -0.2) is 0 Å². The van der Waals surface area contributed by atoms with E-state index in [1.165, 1.54) is 0 Å². The van der Waals surface area contributed by atoms with E-state index in [1.54, 1.807) is 0 Å². The van der Waals surface area contributed by atoms with E-state index in [4.69, 9.17) is 9.47 Å². The van der Waals surface area contributed by atoms with Crippen molar-refractivity contribution in [3.8, 4) is 57.4 Å². The van der Waals surface area contributed by atoms with E-state index in [-0.39, 0.29) is 0 Å². The second-order valence-electron chi connectivity index (χ2n) is 14.4. The molecule has 0 amide bonds. The van der Waals surface area contributed by atoms with Crippen molar-refractivity contribution in [3.63, 3.8) is 0 Å². The maximum atomic E-state index is 10.2. The van der Waals surface area contributed by atoms with E-state index in [1.807, 2.05) is 109 Å². The molecule has 0 bridgehead atoms. The van der Waals surface area contributed by atoms with Crippen molar-refractivity contribution in [3.05, 3.63) is 168 Å². The fourth-order valence-electron chi connectivity index (χ4n) is 7.76. The van der Waals surface area contributed by atoms with Crippen LogP contribution >= 0.6 is 0 Å². The lowest BCUT2D eigenvalue weighted by molar-refractivity contribution is 0.477. The predicted molar refractivity (Wildman–Crippen MR) is 215 cm³/mol. The van der Waals surface area contributed by atoms with Crippen molar-refractivity contribution >= 4 is 34.1 Å². The topological polar surface area (TPSA) is 72.5 Å². The SMILES string of the molecule is CC(C)(C)c1c(-c2cccc(C#N)c2)c(N2c3ccccc3Oc3ccccc32)cc(N2c3ccccc3Oc3ccccc32)c1-c1cccc(C#N)c1. The number of benzene rings is 7. The third-order valence-corrected chi connectivity index (χ3v) is 9.94. The summed E-state index contributed by atoms with van der Waals surface area (Å²) < 4.78 is 13.0. The molecule has 2 aliphatic rings. The van der Waals surface area contributed by atoms with Crippen molar-refractivity contribution in [1.82, 2.24) is 0 Å². The van der Waals surface area contributed by atoms with Crippen LogP contribution in [0.25, 0.3) is 22.3 Å². The zero-order valence-electron chi connectivity index (χ0n) is 30.0. The zero-order chi connectivity index (χ0) is 37.0. The number of rotatable bonds is 4. The first-order chi connectivity index (χ1) is 26.3. The molecule has 0 unspecified atom stereocenters. The van der Waals surface area contributed by atoms with E-state index >= 15 is 0 Å². The third-order valence-electron chi connectivity index (χ3n) is 9.94. The standard InChI is InChI=1S/C48H34N4O2/c1-48(2,3)47-45(33-16-12-14-31(26-33)29-49)39(51-35-18-4-8-22-41(35)53-42-23-9-5-19-36(42)51)28-40(46(47)34-17-13-15-32(27-34)30-50)52-37-20-6-10-24-43(37)54-44-25-11-7-21-38(44)52/h4-28H,1-3H3. The second kappa shape index (κ2) is 12.7. The van der Waals surface area contributed by atoms with Gasteiger partial charge in [-0.1, -0.05) is 93.6 Å². The molecule has 0 atom stereocenters. The first-order valence-corrected chi connectivity index (χ1v) is 17.9. The molecule has 6 nitrogen and oxygen atoms in total. The normalized spacial score (nSPS) is 12.5. The number of anilines is 6. The van der Waals surface area contributed by atoms with Crippen LogP contribution in [-0.4, -0.2) is 0 Å². The Morgan fingerprint density at radius 1 is 0.426 bits per heavy atom. The zero-order valence-corrected chi connectivity index (χ0v) is 30.0. The lowest BCUT2D eigenvalue weighted by atomic mass is 9.75. The summed E-state index contributed by atoms with van der Waals surface area (Å²) in [5.41, 5.74) is 10.9. The highest BCUT2D eigenvalue weighted by atomic mass is 16.5. The number of ether oxygens (including phenoxy) is 2. The summed E-state index contributed by atoms with van der Waals surface area (Å²) in [6, 6.07) is 55.1. The molecule has 0 spiro atoms. The van der Waals surface area contributed by atoms with E-state index in [9.17, 15) is 10.5 Å². The molecular weight excluding hydrogens is 665 g/mol. The molecule has 6 heteroatoms. The molecule has 0 N–H and O–H groups in total. The van der Waals surface area contributed by atoms with Crippen LogP contribution in [0, 0.1) is 22.7 Å². The summed E-state index contributed by atoms with van der Waals surface area (Å²) in [6.07, 6.45) is 0. The number of nitriles is 2. The van der Waals surface area contributed by atoms with Gasteiger partial charge in [-0.05, 0) is 101 Å². The number of para-hydroxylation sites is 8. The largest absolute Gasteiger partial charge is 0.453 e. The van der Waals surface area contributed by atoms with Crippen molar-refractivity contribution in [2.24, 2.45) is 0 Å². The molecule has 258 valence electrons. The fourth-order valence-corrected chi connectivity index (χ4v) is 7.76. The number of fused-ring (bicyclic) bond motifs is 4. The Balaban J connectivity index is 1.51. The van der Waals surface area contributed by atoms with Crippen LogP contribution in [0.4, 0.5) is 34.1 Å². The van der Waals surface area contributed by atoms with E-state index in [0.29, 0.717) is 11.1 Å². The van der Waals surface area contributed by atoms with Gasteiger partial charge in [0.05, 0.1) is 57.4 Å². The fraction of sp³-hybridized carbons (Fsp3) is 0.0833. The molecule has 0 fully saturated rings. The third kappa shape index (κ3) is 5.32. The summed E-state index contributed by atoms with van der Waals surface area (Å²) in [4.78, 5) is 4.57. The molecule has 0 aromatic heterocycles. The summed E-state index contributed by atoms with van der Waals surface area (Å²) in [6.45, 7) is 6.69. The van der Waals surface area contributed by atoms with Gasteiger partial charge in [0, 0.05) is 11.1 Å². The number of hydrogen-bond acceptors (Lipinski definition) is 6. The van der Waals surface area contributed by atoms with Crippen LogP contribution in [0.5, 0.6) is 23.0 Å². The lowest BCUT2D eigenvalue weighted by Gasteiger charge is -2.40. The smallest absolute Gasteiger partial charge is 0.151 e. The van der Waals surface area contributed by atoms with Gasteiger partial charge >= 0.3 is 0 Å². The summed E-state index contributed by atoms with van der Waals surface area (Å²) >= 11 is 0. The van der Waals surface area contributed by atoms with Gasteiger partial charge < -0.3 is 19.3 Å². The van der Waals surface area contributed by atoms with Crippen LogP contribution < -0.4 is 19.3 Å². The first-order valence-electron chi connectivity index (χ1n) is 17.9. The van der Waals surface area contributed by atoms with Crippen molar-refractivity contribution in [2.45, 2.75) is 26.2 Å².